The van der Waals surface area contributed by atoms with Crippen molar-refractivity contribution in [1.29, 1.82) is 0 Å². The quantitative estimate of drug-likeness (QED) is 0.878. The van der Waals surface area contributed by atoms with Crippen molar-refractivity contribution in [2.75, 3.05) is 6.54 Å². The van der Waals surface area contributed by atoms with Gasteiger partial charge in [-0.1, -0.05) is 37.6 Å². The Kier molecular flexibility index (Phi) is 5.00. The monoisotopic (exact) mass is 277 g/mol. The highest BCUT2D eigenvalue weighted by Crippen LogP contribution is 2.12. The molecule has 2 aromatic rings. The van der Waals surface area contributed by atoms with Crippen molar-refractivity contribution >= 4 is 11.6 Å². The molecule has 19 heavy (non-hydrogen) atoms. The Morgan fingerprint density at radius 3 is 2.95 bits per heavy atom. The first-order valence-corrected chi connectivity index (χ1v) is 6.97. The predicted molar refractivity (Wildman–Crippen MR) is 79.3 cm³/mol. The number of benzene rings is 1. The molecule has 0 aliphatic carbocycles. The van der Waals surface area contributed by atoms with Crippen molar-refractivity contribution < 1.29 is 0 Å². The SMILES string of the molecule is CC(C)CNCc1cn(Cc2cccc(Cl)c2)cn1. The number of hydrogen-bond donors (Lipinski definition) is 1. The van der Waals surface area contributed by atoms with E-state index in [1.165, 1.54) is 5.56 Å². The summed E-state index contributed by atoms with van der Waals surface area (Å²) in [5.74, 6) is 0.661. The number of nitrogens with zero attached hydrogens (tertiary/aromatic N) is 2. The van der Waals surface area contributed by atoms with Crippen molar-refractivity contribution in [2.45, 2.75) is 26.9 Å². The van der Waals surface area contributed by atoms with Crippen LogP contribution in [0.1, 0.15) is 25.1 Å². The van der Waals surface area contributed by atoms with Gasteiger partial charge in [-0.2, -0.15) is 0 Å². The van der Waals surface area contributed by atoms with Gasteiger partial charge in [0.25, 0.3) is 0 Å². The summed E-state index contributed by atoms with van der Waals surface area (Å²) in [7, 11) is 0. The van der Waals surface area contributed by atoms with E-state index in [2.05, 4.69) is 41.0 Å². The summed E-state index contributed by atoms with van der Waals surface area (Å²) in [6.07, 6.45) is 3.95. The van der Waals surface area contributed by atoms with Gasteiger partial charge in [-0.05, 0) is 30.2 Å². The van der Waals surface area contributed by atoms with Gasteiger partial charge in [-0.15, -0.1) is 0 Å². The molecule has 1 aromatic carbocycles. The molecule has 1 N–H and O–H groups in total. The first-order valence-electron chi connectivity index (χ1n) is 6.59. The fraction of sp³-hybridized carbons (Fsp3) is 0.400. The summed E-state index contributed by atoms with van der Waals surface area (Å²) >= 11 is 5.98. The first-order chi connectivity index (χ1) is 9.13. The predicted octanol–water partition coefficient (Wildman–Crippen LogP) is 3.33. The third-order valence-corrected chi connectivity index (χ3v) is 3.03. The zero-order valence-corrected chi connectivity index (χ0v) is 12.2. The van der Waals surface area contributed by atoms with Crippen LogP contribution in [0, 0.1) is 5.92 Å². The van der Waals surface area contributed by atoms with E-state index in [0.717, 1.165) is 30.4 Å². The molecule has 0 unspecified atom stereocenters. The lowest BCUT2D eigenvalue weighted by atomic mass is 10.2. The summed E-state index contributed by atoms with van der Waals surface area (Å²) in [6.45, 7) is 7.04. The molecule has 0 aliphatic heterocycles. The largest absolute Gasteiger partial charge is 0.333 e. The van der Waals surface area contributed by atoms with Gasteiger partial charge < -0.3 is 9.88 Å². The lowest BCUT2D eigenvalue weighted by Gasteiger charge is -2.05. The van der Waals surface area contributed by atoms with Crippen LogP contribution in [-0.2, 0) is 13.1 Å². The Hall–Kier alpha value is -1.32. The van der Waals surface area contributed by atoms with Crippen molar-refractivity contribution in [3.05, 3.63) is 53.1 Å². The molecule has 0 aliphatic rings. The normalized spacial score (nSPS) is 11.2. The average Bonchev–Trinajstić information content (AvgIpc) is 2.76. The summed E-state index contributed by atoms with van der Waals surface area (Å²) in [5, 5.41) is 4.16. The standard InChI is InChI=1S/C15H20ClN3/c1-12(2)7-17-8-15-10-19(11-18-15)9-13-4-3-5-14(16)6-13/h3-6,10-12,17H,7-9H2,1-2H3. The summed E-state index contributed by atoms with van der Waals surface area (Å²) in [5.41, 5.74) is 2.26. The van der Waals surface area contributed by atoms with Gasteiger partial charge in [-0.25, -0.2) is 4.98 Å². The van der Waals surface area contributed by atoms with E-state index in [1.54, 1.807) is 0 Å². The average molecular weight is 278 g/mol. The second-order valence-electron chi connectivity index (χ2n) is 5.19. The highest BCUT2D eigenvalue weighted by atomic mass is 35.5. The van der Waals surface area contributed by atoms with Gasteiger partial charge in [-0.3, -0.25) is 0 Å². The van der Waals surface area contributed by atoms with E-state index < -0.39 is 0 Å². The number of nitrogens with one attached hydrogen (secondary N) is 1. The molecule has 2 rings (SSSR count). The summed E-state index contributed by atoms with van der Waals surface area (Å²) < 4.78 is 2.08. The van der Waals surface area contributed by atoms with Gasteiger partial charge in [0.05, 0.1) is 12.0 Å². The first kappa shape index (κ1) is 14.1. The van der Waals surface area contributed by atoms with Crippen molar-refractivity contribution in [2.24, 2.45) is 5.92 Å². The number of rotatable bonds is 6. The smallest absolute Gasteiger partial charge is 0.0953 e. The van der Waals surface area contributed by atoms with Gasteiger partial charge in [0.2, 0.25) is 0 Å². The highest BCUT2D eigenvalue weighted by molar-refractivity contribution is 6.30. The minimum atomic E-state index is 0.661. The Bertz CT molecular complexity index is 520. The van der Waals surface area contributed by atoms with Crippen LogP contribution in [-0.4, -0.2) is 16.1 Å². The number of halogens is 1. The maximum Gasteiger partial charge on any atom is 0.0953 e. The zero-order chi connectivity index (χ0) is 13.7. The minimum Gasteiger partial charge on any atom is -0.333 e. The van der Waals surface area contributed by atoms with Crippen molar-refractivity contribution in [3.8, 4) is 0 Å². The number of imidazole rings is 1. The molecule has 0 fully saturated rings. The maximum absolute atomic E-state index is 5.98. The van der Waals surface area contributed by atoms with Crippen LogP contribution >= 0.6 is 11.6 Å². The molecular formula is C15H20ClN3. The van der Waals surface area contributed by atoms with Crippen LogP contribution in [0.25, 0.3) is 0 Å². The topological polar surface area (TPSA) is 29.9 Å². The third-order valence-electron chi connectivity index (χ3n) is 2.80. The van der Waals surface area contributed by atoms with E-state index in [1.807, 2.05) is 24.5 Å². The van der Waals surface area contributed by atoms with Gasteiger partial charge in [0, 0.05) is 24.3 Å². The van der Waals surface area contributed by atoms with E-state index in [0.29, 0.717) is 5.92 Å². The Labute approximate surface area is 119 Å². The molecule has 0 radical (unpaired) electrons. The van der Waals surface area contributed by atoms with E-state index in [-0.39, 0.29) is 0 Å². The van der Waals surface area contributed by atoms with E-state index >= 15 is 0 Å². The molecule has 1 heterocycles. The van der Waals surface area contributed by atoms with E-state index in [4.69, 9.17) is 11.6 Å². The zero-order valence-electron chi connectivity index (χ0n) is 11.4. The molecule has 1 aromatic heterocycles. The Morgan fingerprint density at radius 2 is 2.21 bits per heavy atom. The Balaban J connectivity index is 1.90. The molecular weight excluding hydrogens is 258 g/mol. The van der Waals surface area contributed by atoms with Crippen molar-refractivity contribution in [1.82, 2.24) is 14.9 Å². The summed E-state index contributed by atoms with van der Waals surface area (Å²) in [6, 6.07) is 7.92. The molecule has 0 amide bonds. The third kappa shape index (κ3) is 4.69. The molecule has 0 saturated carbocycles. The highest BCUT2D eigenvalue weighted by Gasteiger charge is 2.01. The van der Waals surface area contributed by atoms with Crippen LogP contribution < -0.4 is 5.32 Å². The lowest BCUT2D eigenvalue weighted by molar-refractivity contribution is 0.548. The van der Waals surface area contributed by atoms with Crippen LogP contribution in [0.4, 0.5) is 0 Å². The van der Waals surface area contributed by atoms with Gasteiger partial charge in [0.15, 0.2) is 0 Å². The van der Waals surface area contributed by atoms with Crippen LogP contribution in [0.3, 0.4) is 0 Å². The van der Waals surface area contributed by atoms with Gasteiger partial charge >= 0.3 is 0 Å². The summed E-state index contributed by atoms with van der Waals surface area (Å²) in [4.78, 5) is 4.40. The molecule has 0 spiro atoms. The van der Waals surface area contributed by atoms with E-state index in [9.17, 15) is 0 Å². The van der Waals surface area contributed by atoms with Gasteiger partial charge in [0.1, 0.15) is 0 Å². The van der Waals surface area contributed by atoms with Crippen LogP contribution in [0.2, 0.25) is 5.02 Å². The number of hydrogen-bond acceptors (Lipinski definition) is 2. The lowest BCUT2D eigenvalue weighted by Crippen LogP contribution is -2.19. The molecule has 3 nitrogen and oxygen atoms in total. The number of aromatic nitrogens is 2. The molecule has 102 valence electrons. The second-order valence-corrected chi connectivity index (χ2v) is 5.63. The molecule has 0 saturated heterocycles. The molecule has 0 bridgehead atoms. The fourth-order valence-electron chi connectivity index (χ4n) is 1.92. The second kappa shape index (κ2) is 6.73. The fourth-order valence-corrected chi connectivity index (χ4v) is 2.13. The Morgan fingerprint density at radius 1 is 1.37 bits per heavy atom. The molecule has 4 heteroatoms. The van der Waals surface area contributed by atoms with Crippen LogP contribution in [0.15, 0.2) is 36.8 Å². The molecule has 0 atom stereocenters. The van der Waals surface area contributed by atoms with Crippen molar-refractivity contribution in [3.63, 3.8) is 0 Å². The minimum absolute atomic E-state index is 0.661. The van der Waals surface area contributed by atoms with Crippen LogP contribution in [0.5, 0.6) is 0 Å². The maximum atomic E-state index is 5.98.